The molecule has 0 fully saturated rings. The molecule has 1 amide bonds. The molecule has 0 aliphatic rings. The molecule has 0 aliphatic heterocycles. The van der Waals surface area contributed by atoms with Crippen LogP contribution in [0.4, 0.5) is 5.69 Å². The second kappa shape index (κ2) is 7.31. The fourth-order valence-electron chi connectivity index (χ4n) is 2.11. The van der Waals surface area contributed by atoms with E-state index in [0.29, 0.717) is 16.5 Å². The topological polar surface area (TPSA) is 68.0 Å². The van der Waals surface area contributed by atoms with Crippen molar-refractivity contribution in [3.8, 4) is 11.5 Å². The van der Waals surface area contributed by atoms with Crippen molar-refractivity contribution in [3.05, 3.63) is 59.9 Å². The van der Waals surface area contributed by atoms with Gasteiger partial charge in [0.1, 0.15) is 10.7 Å². The molecule has 0 aliphatic carbocycles. The summed E-state index contributed by atoms with van der Waals surface area (Å²) in [7, 11) is 0. The largest absolute Gasteiger partial charge is 0.463 e. The van der Waals surface area contributed by atoms with E-state index in [4.69, 9.17) is 4.42 Å². The minimum absolute atomic E-state index is 0.0693. The van der Waals surface area contributed by atoms with E-state index in [-0.39, 0.29) is 11.7 Å². The summed E-state index contributed by atoms with van der Waals surface area (Å²) in [6, 6.07) is 13.2. The molecule has 0 spiro atoms. The Balaban J connectivity index is 1.55. The Kier molecular flexibility index (Phi) is 4.96. The number of furan rings is 1. The fourth-order valence-corrected chi connectivity index (χ4v) is 2.72. The lowest BCUT2D eigenvalue weighted by atomic mass is 10.1. The fraction of sp³-hybridized carbons (Fsp3) is 0.167. The van der Waals surface area contributed by atoms with Crippen molar-refractivity contribution < 1.29 is 9.21 Å². The molecule has 3 rings (SSSR count). The van der Waals surface area contributed by atoms with Gasteiger partial charge in [0.15, 0.2) is 5.76 Å². The molecular formula is C18H17N3O2S. The van der Waals surface area contributed by atoms with Crippen LogP contribution in [-0.4, -0.2) is 21.9 Å². The zero-order chi connectivity index (χ0) is 16.9. The molecule has 6 heteroatoms. The number of hydrogen-bond donors (Lipinski definition) is 1. The zero-order valence-electron chi connectivity index (χ0n) is 13.4. The molecule has 0 saturated heterocycles. The number of carbonyl (C=O) groups excluding carboxylic acids is 1. The third kappa shape index (κ3) is 4.02. The highest BCUT2D eigenvalue weighted by Gasteiger charge is 2.07. The van der Waals surface area contributed by atoms with Gasteiger partial charge in [-0.3, -0.25) is 4.79 Å². The number of carbonyl (C=O) groups is 1. The van der Waals surface area contributed by atoms with Gasteiger partial charge in [-0.1, -0.05) is 17.8 Å². The predicted octanol–water partition coefficient (Wildman–Crippen LogP) is 4.08. The van der Waals surface area contributed by atoms with E-state index in [1.165, 1.54) is 17.3 Å². The molecule has 0 radical (unpaired) electrons. The molecule has 122 valence electrons. The summed E-state index contributed by atoms with van der Waals surface area (Å²) in [5.41, 5.74) is 3.83. The molecule has 1 N–H and O–H groups in total. The van der Waals surface area contributed by atoms with Crippen molar-refractivity contribution in [3.63, 3.8) is 0 Å². The number of hydrogen-bond acceptors (Lipinski definition) is 5. The normalized spacial score (nSPS) is 10.6. The Morgan fingerprint density at radius 2 is 2.00 bits per heavy atom. The minimum atomic E-state index is -0.0693. The zero-order valence-corrected chi connectivity index (χ0v) is 14.3. The number of thioether (sulfide) groups is 1. The quantitative estimate of drug-likeness (QED) is 0.709. The number of aromatic nitrogens is 2. The Hall–Kier alpha value is -2.60. The highest BCUT2D eigenvalue weighted by atomic mass is 32.2. The molecular weight excluding hydrogens is 322 g/mol. The highest BCUT2D eigenvalue weighted by Crippen LogP contribution is 2.20. The van der Waals surface area contributed by atoms with Gasteiger partial charge in [0.05, 0.1) is 12.0 Å². The summed E-state index contributed by atoms with van der Waals surface area (Å²) in [5, 5.41) is 11.8. The van der Waals surface area contributed by atoms with Crippen LogP contribution < -0.4 is 5.32 Å². The van der Waals surface area contributed by atoms with E-state index in [1.807, 2.05) is 50.2 Å². The second-order valence-electron chi connectivity index (χ2n) is 5.37. The van der Waals surface area contributed by atoms with Crippen molar-refractivity contribution in [2.24, 2.45) is 0 Å². The first-order chi connectivity index (χ1) is 11.6. The van der Waals surface area contributed by atoms with Crippen LogP contribution in [0.25, 0.3) is 11.5 Å². The first kappa shape index (κ1) is 16.3. The molecule has 0 saturated carbocycles. The van der Waals surface area contributed by atoms with Crippen molar-refractivity contribution in [1.29, 1.82) is 0 Å². The van der Waals surface area contributed by atoms with Gasteiger partial charge >= 0.3 is 0 Å². The summed E-state index contributed by atoms with van der Waals surface area (Å²) in [5.74, 6) is 0.883. The van der Waals surface area contributed by atoms with E-state index in [2.05, 4.69) is 15.5 Å². The van der Waals surface area contributed by atoms with Crippen molar-refractivity contribution in [1.82, 2.24) is 10.2 Å². The van der Waals surface area contributed by atoms with Crippen molar-refractivity contribution in [2.75, 3.05) is 11.1 Å². The number of rotatable bonds is 5. The van der Waals surface area contributed by atoms with Crippen molar-refractivity contribution in [2.45, 2.75) is 18.9 Å². The van der Waals surface area contributed by atoms with Crippen LogP contribution in [0.2, 0.25) is 0 Å². The number of aryl methyl sites for hydroxylation is 2. The number of anilines is 1. The molecule has 1 aromatic carbocycles. The van der Waals surface area contributed by atoms with Crippen LogP contribution in [-0.2, 0) is 4.79 Å². The third-order valence-electron chi connectivity index (χ3n) is 3.56. The molecule has 2 heterocycles. The average molecular weight is 339 g/mol. The molecule has 2 aromatic heterocycles. The second-order valence-corrected chi connectivity index (χ2v) is 6.37. The molecule has 5 nitrogen and oxygen atoms in total. The molecule has 0 unspecified atom stereocenters. The molecule has 24 heavy (non-hydrogen) atoms. The molecule has 0 atom stereocenters. The van der Waals surface area contributed by atoms with E-state index in [9.17, 15) is 4.79 Å². The monoisotopic (exact) mass is 339 g/mol. The molecule has 0 bridgehead atoms. The van der Waals surface area contributed by atoms with Gasteiger partial charge in [0.25, 0.3) is 0 Å². The summed E-state index contributed by atoms with van der Waals surface area (Å²) >= 11 is 1.34. The maximum Gasteiger partial charge on any atom is 0.234 e. The van der Waals surface area contributed by atoms with Crippen LogP contribution in [0.3, 0.4) is 0 Å². The number of nitrogens with zero attached hydrogens (tertiary/aromatic N) is 2. The Morgan fingerprint density at radius 3 is 2.67 bits per heavy atom. The van der Waals surface area contributed by atoms with Gasteiger partial charge in [0, 0.05) is 5.69 Å². The third-order valence-corrected chi connectivity index (χ3v) is 4.48. The Morgan fingerprint density at radius 1 is 1.12 bits per heavy atom. The Labute approximate surface area is 144 Å². The van der Waals surface area contributed by atoms with E-state index in [1.54, 1.807) is 12.3 Å². The van der Waals surface area contributed by atoms with Gasteiger partial charge in [-0.25, -0.2) is 0 Å². The van der Waals surface area contributed by atoms with E-state index < -0.39 is 0 Å². The van der Waals surface area contributed by atoms with Gasteiger partial charge < -0.3 is 9.73 Å². The smallest absolute Gasteiger partial charge is 0.234 e. The number of benzene rings is 1. The first-order valence-corrected chi connectivity index (χ1v) is 8.48. The highest BCUT2D eigenvalue weighted by molar-refractivity contribution is 7.99. The summed E-state index contributed by atoms with van der Waals surface area (Å²) < 4.78 is 5.27. The van der Waals surface area contributed by atoms with Crippen molar-refractivity contribution >= 4 is 23.4 Å². The van der Waals surface area contributed by atoms with Crippen LogP contribution >= 0.6 is 11.8 Å². The van der Waals surface area contributed by atoms with E-state index >= 15 is 0 Å². The summed E-state index contributed by atoms with van der Waals surface area (Å²) in [6.07, 6.45) is 1.59. The summed E-state index contributed by atoms with van der Waals surface area (Å²) in [4.78, 5) is 12.0. The van der Waals surface area contributed by atoms with Crippen LogP contribution in [0, 0.1) is 13.8 Å². The standard InChI is InChI=1S/C18H17N3O2S/c1-12-5-6-14(10-13(12)2)19-17(22)11-24-18-8-7-15(20-21-18)16-4-3-9-23-16/h3-10H,11H2,1-2H3,(H,19,22). The maximum absolute atomic E-state index is 12.0. The molecule has 3 aromatic rings. The van der Waals surface area contributed by atoms with E-state index in [0.717, 1.165) is 11.3 Å². The Bertz CT molecular complexity index is 830. The van der Waals surface area contributed by atoms with Gasteiger partial charge in [-0.05, 0) is 61.4 Å². The first-order valence-electron chi connectivity index (χ1n) is 7.49. The lowest BCUT2D eigenvalue weighted by molar-refractivity contribution is -0.113. The van der Waals surface area contributed by atoms with Crippen LogP contribution in [0.5, 0.6) is 0 Å². The van der Waals surface area contributed by atoms with Gasteiger partial charge in [-0.2, -0.15) is 0 Å². The average Bonchev–Trinajstić information content (AvgIpc) is 3.11. The lowest BCUT2D eigenvalue weighted by Gasteiger charge is -2.07. The predicted molar refractivity (Wildman–Crippen MR) is 95.0 cm³/mol. The minimum Gasteiger partial charge on any atom is -0.463 e. The van der Waals surface area contributed by atoms with Crippen LogP contribution in [0.15, 0.2) is 58.2 Å². The lowest BCUT2D eigenvalue weighted by Crippen LogP contribution is -2.14. The number of nitrogens with one attached hydrogen (secondary N) is 1. The number of amides is 1. The summed E-state index contributed by atoms with van der Waals surface area (Å²) in [6.45, 7) is 4.07. The van der Waals surface area contributed by atoms with Crippen LogP contribution in [0.1, 0.15) is 11.1 Å². The van der Waals surface area contributed by atoms with Gasteiger partial charge in [-0.15, -0.1) is 10.2 Å². The maximum atomic E-state index is 12.0. The SMILES string of the molecule is Cc1ccc(NC(=O)CSc2ccc(-c3ccco3)nn2)cc1C. The van der Waals surface area contributed by atoms with Gasteiger partial charge in [0.2, 0.25) is 5.91 Å².